The van der Waals surface area contributed by atoms with Gasteiger partial charge in [-0.05, 0) is 47.7 Å². The van der Waals surface area contributed by atoms with Crippen molar-refractivity contribution in [2.75, 3.05) is 25.6 Å². The number of amides is 1. The van der Waals surface area contributed by atoms with E-state index in [0.717, 1.165) is 12.1 Å². The number of hydrogen-bond acceptors (Lipinski definition) is 3. The number of anilines is 1. The Hall–Kier alpha value is -0.870. The van der Waals surface area contributed by atoms with Gasteiger partial charge in [0.1, 0.15) is 6.10 Å². The van der Waals surface area contributed by atoms with Crippen molar-refractivity contribution in [3.05, 3.63) is 27.3 Å². The maximum Gasteiger partial charge on any atom is 0.416 e. The molecule has 118 valence electrons. The van der Waals surface area contributed by atoms with Gasteiger partial charge in [0.05, 0.1) is 24.5 Å². The highest BCUT2D eigenvalue weighted by atomic mass is 127. The van der Waals surface area contributed by atoms with Crippen molar-refractivity contribution in [2.45, 2.75) is 19.2 Å². The number of carbonyl (C=O) groups excluding carboxylic acids is 1. The molecule has 1 atom stereocenters. The molecule has 1 amide bonds. The summed E-state index contributed by atoms with van der Waals surface area (Å²) in [5.41, 5.74) is -0.705. The molecular weight excluding hydrogens is 402 g/mol. The molecule has 0 fully saturated rings. The number of benzene rings is 1. The number of ether oxygens (including phenoxy) is 2. The van der Waals surface area contributed by atoms with E-state index in [0.29, 0.717) is 10.2 Å². The zero-order valence-corrected chi connectivity index (χ0v) is 13.6. The summed E-state index contributed by atoms with van der Waals surface area (Å²) in [6, 6.07) is 3.17. The van der Waals surface area contributed by atoms with Crippen LogP contribution >= 0.6 is 22.6 Å². The van der Waals surface area contributed by atoms with Gasteiger partial charge < -0.3 is 14.8 Å². The van der Waals surface area contributed by atoms with Crippen LogP contribution < -0.4 is 5.32 Å². The molecule has 0 saturated heterocycles. The fraction of sp³-hybridized carbons (Fsp3) is 0.462. The van der Waals surface area contributed by atoms with Gasteiger partial charge in [-0.2, -0.15) is 13.2 Å². The minimum atomic E-state index is -4.45. The molecule has 1 aromatic carbocycles. The Morgan fingerprint density at radius 1 is 1.38 bits per heavy atom. The highest BCUT2D eigenvalue weighted by Gasteiger charge is 2.31. The van der Waals surface area contributed by atoms with Crippen LogP contribution in [0.25, 0.3) is 0 Å². The van der Waals surface area contributed by atoms with Crippen LogP contribution in [0.2, 0.25) is 0 Å². The highest BCUT2D eigenvalue weighted by molar-refractivity contribution is 14.1. The summed E-state index contributed by atoms with van der Waals surface area (Å²) in [4.78, 5) is 11.9. The Bertz CT molecular complexity index is 494. The first kappa shape index (κ1) is 18.2. The molecule has 0 spiro atoms. The molecular formula is C13H15F3INO3. The standard InChI is InChI=1S/C13H15F3INO3/c1-8(21-6-5-20-2)12(19)18-11-7-9(13(14,15)16)3-4-10(11)17/h3-4,7-8H,5-6H2,1-2H3,(H,18,19). The number of nitrogens with one attached hydrogen (secondary N) is 1. The number of carbonyl (C=O) groups is 1. The van der Waals surface area contributed by atoms with E-state index >= 15 is 0 Å². The number of alkyl halides is 3. The number of hydrogen-bond donors (Lipinski definition) is 1. The van der Waals surface area contributed by atoms with E-state index in [9.17, 15) is 18.0 Å². The molecule has 1 N–H and O–H groups in total. The summed E-state index contributed by atoms with van der Waals surface area (Å²) in [6.07, 6.45) is -5.24. The van der Waals surface area contributed by atoms with Gasteiger partial charge in [-0.1, -0.05) is 0 Å². The predicted molar refractivity (Wildman–Crippen MR) is 80.1 cm³/mol. The van der Waals surface area contributed by atoms with Gasteiger partial charge in [-0.15, -0.1) is 0 Å². The minimum absolute atomic E-state index is 0.109. The van der Waals surface area contributed by atoms with E-state index < -0.39 is 23.8 Å². The summed E-state index contributed by atoms with van der Waals surface area (Å²) < 4.78 is 48.4. The van der Waals surface area contributed by atoms with Crippen molar-refractivity contribution in [1.82, 2.24) is 0 Å². The van der Waals surface area contributed by atoms with Crippen LogP contribution in [0.3, 0.4) is 0 Å². The lowest BCUT2D eigenvalue weighted by Gasteiger charge is -2.15. The van der Waals surface area contributed by atoms with E-state index in [-0.39, 0.29) is 12.3 Å². The molecule has 0 bridgehead atoms. The van der Waals surface area contributed by atoms with Crippen LogP contribution in [0.15, 0.2) is 18.2 Å². The van der Waals surface area contributed by atoms with Crippen LogP contribution in [0.1, 0.15) is 12.5 Å². The summed E-state index contributed by atoms with van der Waals surface area (Å²) in [7, 11) is 1.50. The first-order valence-corrected chi connectivity index (χ1v) is 7.11. The first-order chi connectivity index (χ1) is 9.75. The zero-order chi connectivity index (χ0) is 16.0. The van der Waals surface area contributed by atoms with Crippen molar-refractivity contribution < 1.29 is 27.4 Å². The Morgan fingerprint density at radius 2 is 2.05 bits per heavy atom. The molecule has 4 nitrogen and oxygen atoms in total. The minimum Gasteiger partial charge on any atom is -0.382 e. The van der Waals surface area contributed by atoms with E-state index in [4.69, 9.17) is 9.47 Å². The van der Waals surface area contributed by atoms with Crippen LogP contribution in [0, 0.1) is 3.57 Å². The number of halogens is 4. The summed E-state index contributed by atoms with van der Waals surface area (Å²) in [5.74, 6) is -0.511. The van der Waals surface area contributed by atoms with Gasteiger partial charge in [-0.3, -0.25) is 4.79 Å². The quantitative estimate of drug-likeness (QED) is 0.571. The topological polar surface area (TPSA) is 47.6 Å². The Labute approximate surface area is 134 Å². The van der Waals surface area contributed by atoms with Gasteiger partial charge in [0, 0.05) is 10.7 Å². The lowest BCUT2D eigenvalue weighted by atomic mass is 10.2. The fourth-order valence-electron chi connectivity index (χ4n) is 1.42. The largest absolute Gasteiger partial charge is 0.416 e. The van der Waals surface area contributed by atoms with Gasteiger partial charge in [0.25, 0.3) is 5.91 Å². The predicted octanol–water partition coefficient (Wildman–Crippen LogP) is 3.30. The van der Waals surface area contributed by atoms with Crippen molar-refractivity contribution in [1.29, 1.82) is 0 Å². The summed E-state index contributed by atoms with van der Waals surface area (Å²) in [6.45, 7) is 2.08. The second-order valence-electron chi connectivity index (χ2n) is 4.19. The summed E-state index contributed by atoms with van der Waals surface area (Å²) in [5, 5.41) is 2.44. The molecule has 1 rings (SSSR count). The van der Waals surface area contributed by atoms with Gasteiger partial charge in [0.2, 0.25) is 0 Å². The Morgan fingerprint density at radius 3 is 2.62 bits per heavy atom. The number of rotatable bonds is 6. The second kappa shape index (κ2) is 7.95. The third-order valence-electron chi connectivity index (χ3n) is 2.58. The van der Waals surface area contributed by atoms with Crippen molar-refractivity contribution in [3.8, 4) is 0 Å². The van der Waals surface area contributed by atoms with Crippen molar-refractivity contribution in [2.24, 2.45) is 0 Å². The average molecular weight is 417 g/mol. The molecule has 1 aromatic rings. The Kier molecular flexibility index (Phi) is 6.88. The maximum absolute atomic E-state index is 12.6. The zero-order valence-electron chi connectivity index (χ0n) is 11.5. The molecule has 21 heavy (non-hydrogen) atoms. The molecule has 0 aliphatic carbocycles. The van der Waals surface area contributed by atoms with Gasteiger partial charge in [0.15, 0.2) is 0 Å². The van der Waals surface area contributed by atoms with Crippen LogP contribution in [0.4, 0.5) is 18.9 Å². The average Bonchev–Trinajstić information content (AvgIpc) is 2.40. The monoisotopic (exact) mass is 417 g/mol. The van der Waals surface area contributed by atoms with E-state index in [1.165, 1.54) is 20.1 Å². The SMILES string of the molecule is COCCOC(C)C(=O)Nc1cc(C(F)(F)F)ccc1I. The lowest BCUT2D eigenvalue weighted by molar-refractivity contribution is -0.137. The van der Waals surface area contributed by atoms with Gasteiger partial charge >= 0.3 is 6.18 Å². The molecule has 0 aliphatic rings. The van der Waals surface area contributed by atoms with Gasteiger partial charge in [-0.25, -0.2) is 0 Å². The summed E-state index contributed by atoms with van der Waals surface area (Å²) >= 11 is 1.85. The molecule has 0 aromatic heterocycles. The molecule has 0 heterocycles. The number of methoxy groups -OCH3 is 1. The molecule has 8 heteroatoms. The smallest absolute Gasteiger partial charge is 0.382 e. The maximum atomic E-state index is 12.6. The lowest BCUT2D eigenvalue weighted by Crippen LogP contribution is -2.29. The highest BCUT2D eigenvalue weighted by Crippen LogP contribution is 2.32. The van der Waals surface area contributed by atoms with Crippen molar-refractivity contribution in [3.63, 3.8) is 0 Å². The van der Waals surface area contributed by atoms with Crippen LogP contribution in [-0.4, -0.2) is 32.3 Å². The molecule has 0 aliphatic heterocycles. The third kappa shape index (κ3) is 5.79. The Balaban J connectivity index is 2.75. The first-order valence-electron chi connectivity index (χ1n) is 6.04. The third-order valence-corrected chi connectivity index (χ3v) is 3.52. The van der Waals surface area contributed by atoms with Crippen LogP contribution in [-0.2, 0) is 20.4 Å². The van der Waals surface area contributed by atoms with Crippen LogP contribution in [0.5, 0.6) is 0 Å². The molecule has 1 unspecified atom stereocenters. The van der Waals surface area contributed by atoms with E-state index in [2.05, 4.69) is 5.32 Å². The fourth-order valence-corrected chi connectivity index (χ4v) is 1.89. The molecule has 0 saturated carbocycles. The molecule has 0 radical (unpaired) electrons. The normalized spacial score (nSPS) is 13.0. The second-order valence-corrected chi connectivity index (χ2v) is 5.35. The van der Waals surface area contributed by atoms with E-state index in [1.54, 1.807) is 0 Å². The van der Waals surface area contributed by atoms with E-state index in [1.807, 2.05) is 22.6 Å². The van der Waals surface area contributed by atoms with Crippen molar-refractivity contribution >= 4 is 34.2 Å².